The molecule has 5 nitrogen and oxygen atoms in total. The summed E-state index contributed by atoms with van der Waals surface area (Å²) in [4.78, 5) is 16.2. The molecular formula is C13H8BrClN4O. The van der Waals surface area contributed by atoms with Crippen LogP contribution in [0.4, 0.5) is 5.69 Å². The number of aromatic nitrogens is 3. The highest BCUT2D eigenvalue weighted by atomic mass is 79.9. The van der Waals surface area contributed by atoms with Crippen molar-refractivity contribution in [2.45, 2.75) is 0 Å². The number of carbonyl (C=O) groups is 1. The lowest BCUT2D eigenvalue weighted by Gasteiger charge is -2.05. The molecule has 0 saturated carbocycles. The van der Waals surface area contributed by atoms with Gasteiger partial charge in [-0.05, 0) is 34.1 Å². The van der Waals surface area contributed by atoms with E-state index in [0.29, 0.717) is 21.8 Å². The summed E-state index contributed by atoms with van der Waals surface area (Å²) in [6, 6.07) is 5.18. The number of rotatable bonds is 2. The Morgan fingerprint density at radius 3 is 3.00 bits per heavy atom. The van der Waals surface area contributed by atoms with Gasteiger partial charge in [-0.25, -0.2) is 4.52 Å². The Balaban J connectivity index is 1.91. The maximum atomic E-state index is 12.2. The summed E-state index contributed by atoms with van der Waals surface area (Å²) < 4.78 is 2.32. The van der Waals surface area contributed by atoms with E-state index in [1.807, 2.05) is 0 Å². The van der Waals surface area contributed by atoms with Crippen LogP contribution in [0.2, 0.25) is 5.02 Å². The molecule has 3 aromatic rings. The summed E-state index contributed by atoms with van der Waals surface area (Å²) in [5.41, 5.74) is 1.76. The van der Waals surface area contributed by atoms with Gasteiger partial charge in [-0.15, -0.1) is 0 Å². The third-order valence-electron chi connectivity index (χ3n) is 2.75. The van der Waals surface area contributed by atoms with Gasteiger partial charge in [0, 0.05) is 22.6 Å². The van der Waals surface area contributed by atoms with Crippen molar-refractivity contribution < 1.29 is 4.79 Å². The second-order valence-corrected chi connectivity index (χ2v) is 5.31. The number of halogens is 2. The number of nitrogens with zero attached hydrogens (tertiary/aromatic N) is 3. The van der Waals surface area contributed by atoms with Crippen molar-refractivity contribution in [1.29, 1.82) is 0 Å². The van der Waals surface area contributed by atoms with Gasteiger partial charge in [0.25, 0.3) is 5.91 Å². The number of amides is 1. The van der Waals surface area contributed by atoms with Crippen molar-refractivity contribution in [2.24, 2.45) is 0 Å². The maximum Gasteiger partial charge on any atom is 0.259 e. The second kappa shape index (κ2) is 5.22. The van der Waals surface area contributed by atoms with Crippen molar-refractivity contribution in [2.75, 3.05) is 5.32 Å². The van der Waals surface area contributed by atoms with E-state index in [0.717, 1.165) is 4.47 Å². The van der Waals surface area contributed by atoms with Crippen LogP contribution in [0.15, 0.2) is 47.5 Å². The van der Waals surface area contributed by atoms with Crippen LogP contribution < -0.4 is 5.32 Å². The molecule has 100 valence electrons. The first-order valence-corrected chi connectivity index (χ1v) is 6.86. The smallest absolute Gasteiger partial charge is 0.259 e. The predicted molar refractivity (Wildman–Crippen MR) is 80.1 cm³/mol. The molecule has 2 aromatic heterocycles. The Labute approximate surface area is 127 Å². The fraction of sp³-hybridized carbons (Fsp3) is 0. The molecule has 0 aliphatic carbocycles. The van der Waals surface area contributed by atoms with Crippen molar-refractivity contribution >= 4 is 44.6 Å². The van der Waals surface area contributed by atoms with Crippen LogP contribution in [0.3, 0.4) is 0 Å². The molecule has 0 bridgehead atoms. The quantitative estimate of drug-likeness (QED) is 0.770. The largest absolute Gasteiger partial charge is 0.322 e. The number of carbonyl (C=O) groups excluding carboxylic acids is 1. The number of hydrogen-bond donors (Lipinski definition) is 1. The van der Waals surface area contributed by atoms with E-state index in [4.69, 9.17) is 11.6 Å². The van der Waals surface area contributed by atoms with Crippen LogP contribution in [0.25, 0.3) is 5.52 Å². The van der Waals surface area contributed by atoms with Crippen LogP contribution in [0, 0.1) is 0 Å². The van der Waals surface area contributed by atoms with E-state index >= 15 is 0 Å². The van der Waals surface area contributed by atoms with Crippen LogP contribution in [-0.2, 0) is 0 Å². The molecule has 1 aromatic carbocycles. The summed E-state index contributed by atoms with van der Waals surface area (Å²) >= 11 is 9.23. The van der Waals surface area contributed by atoms with Crippen molar-refractivity contribution in [3.63, 3.8) is 0 Å². The lowest BCUT2D eigenvalue weighted by atomic mass is 10.2. The Morgan fingerprint density at radius 2 is 2.20 bits per heavy atom. The van der Waals surface area contributed by atoms with Crippen LogP contribution >= 0.6 is 27.5 Å². The SMILES string of the molecule is O=C(Nc1ccc(Cl)c(Br)c1)c1cnn2ccncc12. The Hall–Kier alpha value is -1.92. The Kier molecular flexibility index (Phi) is 3.42. The number of benzene rings is 1. The second-order valence-electron chi connectivity index (χ2n) is 4.05. The highest BCUT2D eigenvalue weighted by Gasteiger charge is 2.13. The van der Waals surface area contributed by atoms with Gasteiger partial charge in [-0.1, -0.05) is 11.6 Å². The number of hydrogen-bond acceptors (Lipinski definition) is 3. The first kappa shape index (κ1) is 13.1. The molecule has 0 aliphatic heterocycles. The summed E-state index contributed by atoms with van der Waals surface area (Å²) in [6.45, 7) is 0. The van der Waals surface area contributed by atoms with E-state index in [-0.39, 0.29) is 5.91 Å². The van der Waals surface area contributed by atoms with Gasteiger partial charge >= 0.3 is 0 Å². The fourth-order valence-electron chi connectivity index (χ4n) is 1.78. The van der Waals surface area contributed by atoms with Gasteiger partial charge < -0.3 is 5.32 Å². The first-order valence-electron chi connectivity index (χ1n) is 5.69. The third-order valence-corrected chi connectivity index (χ3v) is 3.96. The minimum absolute atomic E-state index is 0.248. The number of nitrogens with one attached hydrogen (secondary N) is 1. The lowest BCUT2D eigenvalue weighted by Crippen LogP contribution is -2.11. The molecule has 2 heterocycles. The van der Waals surface area contributed by atoms with Gasteiger partial charge in [0.05, 0.1) is 28.5 Å². The number of fused-ring (bicyclic) bond motifs is 1. The minimum atomic E-state index is -0.248. The summed E-state index contributed by atoms with van der Waals surface area (Å²) in [6.07, 6.45) is 6.40. The first-order chi connectivity index (χ1) is 9.65. The normalized spacial score (nSPS) is 10.7. The zero-order chi connectivity index (χ0) is 14.1. The lowest BCUT2D eigenvalue weighted by molar-refractivity contribution is 0.102. The standard InChI is InChI=1S/C13H8BrClN4O/c14-10-5-8(1-2-11(10)15)18-13(20)9-6-17-19-4-3-16-7-12(9)19/h1-7H,(H,18,20). The average Bonchev–Trinajstić information content (AvgIpc) is 2.87. The van der Waals surface area contributed by atoms with E-state index < -0.39 is 0 Å². The Bertz CT molecular complexity index is 802. The third kappa shape index (κ3) is 2.39. The van der Waals surface area contributed by atoms with Gasteiger partial charge in [-0.2, -0.15) is 5.10 Å². The van der Waals surface area contributed by atoms with Crippen molar-refractivity contribution in [1.82, 2.24) is 14.6 Å². The fourth-order valence-corrected chi connectivity index (χ4v) is 2.28. The van der Waals surface area contributed by atoms with Gasteiger partial charge in [-0.3, -0.25) is 9.78 Å². The molecule has 1 N–H and O–H groups in total. The topological polar surface area (TPSA) is 59.3 Å². The zero-order valence-electron chi connectivity index (χ0n) is 10.0. The molecule has 3 rings (SSSR count). The van der Waals surface area contributed by atoms with Gasteiger partial charge in [0.15, 0.2) is 0 Å². The molecule has 0 spiro atoms. The van der Waals surface area contributed by atoms with Gasteiger partial charge in [0.1, 0.15) is 0 Å². The average molecular weight is 352 g/mol. The molecule has 20 heavy (non-hydrogen) atoms. The molecular weight excluding hydrogens is 344 g/mol. The highest BCUT2D eigenvalue weighted by Crippen LogP contribution is 2.26. The molecule has 0 unspecified atom stereocenters. The highest BCUT2D eigenvalue weighted by molar-refractivity contribution is 9.10. The number of anilines is 1. The molecule has 0 aliphatic rings. The summed E-state index contributed by atoms with van der Waals surface area (Å²) in [5.74, 6) is -0.248. The molecule has 0 atom stereocenters. The van der Waals surface area contributed by atoms with E-state index in [2.05, 4.69) is 31.3 Å². The summed E-state index contributed by atoms with van der Waals surface area (Å²) in [7, 11) is 0. The molecule has 0 saturated heterocycles. The monoisotopic (exact) mass is 350 g/mol. The van der Waals surface area contributed by atoms with Crippen LogP contribution in [0.1, 0.15) is 10.4 Å². The van der Waals surface area contributed by atoms with Gasteiger partial charge in [0.2, 0.25) is 0 Å². The van der Waals surface area contributed by atoms with E-state index in [1.54, 1.807) is 41.3 Å². The van der Waals surface area contributed by atoms with Crippen LogP contribution in [-0.4, -0.2) is 20.5 Å². The van der Waals surface area contributed by atoms with E-state index in [1.165, 1.54) is 6.20 Å². The summed E-state index contributed by atoms with van der Waals surface area (Å²) in [5, 5.41) is 7.48. The van der Waals surface area contributed by atoms with Crippen molar-refractivity contribution in [3.8, 4) is 0 Å². The molecule has 0 radical (unpaired) electrons. The van der Waals surface area contributed by atoms with Crippen molar-refractivity contribution in [3.05, 3.63) is 58.0 Å². The Morgan fingerprint density at radius 1 is 1.35 bits per heavy atom. The minimum Gasteiger partial charge on any atom is -0.322 e. The molecule has 7 heteroatoms. The van der Waals surface area contributed by atoms with E-state index in [9.17, 15) is 4.79 Å². The predicted octanol–water partition coefficient (Wildman–Crippen LogP) is 3.40. The maximum absolute atomic E-state index is 12.2. The molecule has 0 fully saturated rings. The molecule has 1 amide bonds. The van der Waals surface area contributed by atoms with Crippen LogP contribution in [0.5, 0.6) is 0 Å². The zero-order valence-corrected chi connectivity index (χ0v) is 12.4.